The number of aromatic nitrogens is 6. The molecule has 0 bridgehead atoms. The highest BCUT2D eigenvalue weighted by Crippen LogP contribution is 2.28. The van der Waals surface area contributed by atoms with Gasteiger partial charge in [-0.15, -0.1) is 5.10 Å². The lowest BCUT2D eigenvalue weighted by Crippen LogP contribution is -3.05. The summed E-state index contributed by atoms with van der Waals surface area (Å²) < 4.78 is 4.09. The van der Waals surface area contributed by atoms with Crippen LogP contribution in [0.4, 0.5) is 0 Å². The van der Waals surface area contributed by atoms with Crippen LogP contribution < -0.4 is 4.90 Å². The van der Waals surface area contributed by atoms with Crippen molar-refractivity contribution in [1.82, 2.24) is 29.1 Å². The van der Waals surface area contributed by atoms with Gasteiger partial charge in [0.05, 0.1) is 26.0 Å². The number of hydrogen-bond acceptors (Lipinski definition) is 4. The molecule has 0 fully saturated rings. The maximum Gasteiger partial charge on any atom is 0.182 e. The average Bonchev–Trinajstić information content (AvgIpc) is 3.17. The van der Waals surface area contributed by atoms with E-state index in [0.717, 1.165) is 41.8 Å². The Morgan fingerprint density at radius 1 is 1.08 bits per heavy atom. The fraction of sp³-hybridized carbons (Fsp3) is 0.368. The third kappa shape index (κ3) is 2.74. The van der Waals surface area contributed by atoms with E-state index in [1.165, 1.54) is 16.2 Å². The molecule has 134 valence electrons. The molecule has 7 nitrogen and oxygen atoms in total. The van der Waals surface area contributed by atoms with Crippen LogP contribution in [0.2, 0.25) is 0 Å². The largest absolute Gasteiger partial charge is 0.340 e. The van der Waals surface area contributed by atoms with Crippen LogP contribution in [-0.2, 0) is 6.54 Å². The number of nitrogens with zero attached hydrogens (tertiary/aromatic N) is 6. The minimum Gasteiger partial charge on any atom is -0.340 e. The second-order valence-corrected chi connectivity index (χ2v) is 7.06. The lowest BCUT2D eigenvalue weighted by Gasteiger charge is -2.10. The number of rotatable bonds is 5. The molecule has 0 saturated heterocycles. The smallest absolute Gasteiger partial charge is 0.182 e. The summed E-state index contributed by atoms with van der Waals surface area (Å²) in [5, 5.41) is 5.69. The van der Waals surface area contributed by atoms with Crippen LogP contribution in [0, 0.1) is 13.8 Å². The van der Waals surface area contributed by atoms with Crippen LogP contribution in [0.1, 0.15) is 17.7 Å². The quantitative estimate of drug-likeness (QED) is 0.589. The molecule has 7 heteroatoms. The van der Waals surface area contributed by atoms with E-state index in [9.17, 15) is 0 Å². The first-order valence-electron chi connectivity index (χ1n) is 8.96. The Labute approximate surface area is 152 Å². The average molecular weight is 350 g/mol. The molecular weight excluding hydrogens is 326 g/mol. The first-order chi connectivity index (χ1) is 12.6. The minimum absolute atomic E-state index is 0.697. The van der Waals surface area contributed by atoms with Gasteiger partial charge in [0.2, 0.25) is 0 Å². The summed E-state index contributed by atoms with van der Waals surface area (Å²) in [6.45, 7) is 6.41. The lowest BCUT2D eigenvalue weighted by molar-refractivity contribution is -0.858. The molecule has 0 spiro atoms. The monoisotopic (exact) mass is 350 g/mol. The van der Waals surface area contributed by atoms with Crippen molar-refractivity contribution >= 4 is 16.7 Å². The molecule has 0 amide bonds. The Hall–Kier alpha value is -2.80. The molecule has 0 unspecified atom stereocenters. The Kier molecular flexibility index (Phi) is 4.16. The fourth-order valence-electron chi connectivity index (χ4n) is 3.42. The van der Waals surface area contributed by atoms with Crippen molar-refractivity contribution in [2.24, 2.45) is 0 Å². The van der Waals surface area contributed by atoms with Gasteiger partial charge in [-0.25, -0.2) is 14.5 Å². The van der Waals surface area contributed by atoms with Crippen LogP contribution >= 0.6 is 0 Å². The van der Waals surface area contributed by atoms with Gasteiger partial charge in [0.25, 0.3) is 0 Å². The molecular formula is C19H24N7+. The lowest BCUT2D eigenvalue weighted by atomic mass is 10.2. The summed E-state index contributed by atoms with van der Waals surface area (Å²) in [7, 11) is 4.37. The van der Waals surface area contributed by atoms with Crippen molar-refractivity contribution < 1.29 is 4.90 Å². The summed E-state index contributed by atoms with van der Waals surface area (Å²) in [4.78, 5) is 15.0. The predicted octanol–water partition coefficient (Wildman–Crippen LogP) is 1.29. The Morgan fingerprint density at radius 3 is 2.58 bits per heavy atom. The topological polar surface area (TPSA) is 65.3 Å². The van der Waals surface area contributed by atoms with Crippen LogP contribution in [0.25, 0.3) is 28.1 Å². The molecule has 1 N–H and O–H groups in total. The molecule has 4 heterocycles. The summed E-state index contributed by atoms with van der Waals surface area (Å²) in [6.07, 6.45) is 6.40. The molecule has 0 saturated carbocycles. The van der Waals surface area contributed by atoms with Gasteiger partial charge in [0.1, 0.15) is 12.0 Å². The summed E-state index contributed by atoms with van der Waals surface area (Å²) >= 11 is 0. The molecule has 4 rings (SSSR count). The van der Waals surface area contributed by atoms with E-state index in [1.807, 2.05) is 12.1 Å². The van der Waals surface area contributed by atoms with Gasteiger partial charge >= 0.3 is 0 Å². The molecule has 26 heavy (non-hydrogen) atoms. The van der Waals surface area contributed by atoms with Gasteiger partial charge in [-0.3, -0.25) is 4.98 Å². The SMILES string of the molecule is Cc1c(C)n(CCC[NH+](C)C)c2ncn3nc(-c4ccncc4)nc3c12. The van der Waals surface area contributed by atoms with Crippen molar-refractivity contribution in [3.05, 3.63) is 42.1 Å². The maximum atomic E-state index is 4.80. The van der Waals surface area contributed by atoms with Gasteiger partial charge in [-0.1, -0.05) is 0 Å². The zero-order valence-corrected chi connectivity index (χ0v) is 15.7. The number of hydrogen-bond donors (Lipinski definition) is 1. The second kappa shape index (κ2) is 6.49. The zero-order chi connectivity index (χ0) is 18.3. The highest BCUT2D eigenvalue weighted by molar-refractivity contribution is 5.94. The van der Waals surface area contributed by atoms with E-state index in [-0.39, 0.29) is 0 Å². The third-order valence-electron chi connectivity index (χ3n) is 4.94. The van der Waals surface area contributed by atoms with Crippen LogP contribution in [-0.4, -0.2) is 49.8 Å². The van der Waals surface area contributed by atoms with Crippen molar-refractivity contribution in [3.8, 4) is 11.4 Å². The van der Waals surface area contributed by atoms with E-state index in [1.54, 1.807) is 23.2 Å². The van der Waals surface area contributed by atoms with E-state index in [2.05, 4.69) is 42.6 Å². The maximum absolute atomic E-state index is 4.80. The molecule has 0 aliphatic carbocycles. The summed E-state index contributed by atoms with van der Waals surface area (Å²) in [5.74, 6) is 0.697. The Morgan fingerprint density at radius 2 is 1.85 bits per heavy atom. The normalized spacial score (nSPS) is 11.9. The molecule has 0 radical (unpaired) electrons. The number of quaternary nitrogens is 1. The molecule has 0 aromatic carbocycles. The van der Waals surface area contributed by atoms with Crippen molar-refractivity contribution in [3.63, 3.8) is 0 Å². The Balaban J connectivity index is 1.84. The highest BCUT2D eigenvalue weighted by atomic mass is 15.3. The van der Waals surface area contributed by atoms with E-state index in [4.69, 9.17) is 9.97 Å². The van der Waals surface area contributed by atoms with Gasteiger partial charge in [-0.05, 0) is 31.5 Å². The van der Waals surface area contributed by atoms with Crippen LogP contribution in [0.3, 0.4) is 0 Å². The van der Waals surface area contributed by atoms with Gasteiger partial charge in [0.15, 0.2) is 11.5 Å². The molecule has 4 aromatic rings. The molecule has 0 atom stereocenters. The second-order valence-electron chi connectivity index (χ2n) is 7.06. The third-order valence-corrected chi connectivity index (χ3v) is 4.94. The van der Waals surface area contributed by atoms with Gasteiger partial charge in [0, 0.05) is 36.6 Å². The summed E-state index contributed by atoms with van der Waals surface area (Å²) in [5.41, 5.74) is 5.29. The molecule has 4 aromatic heterocycles. The van der Waals surface area contributed by atoms with E-state index < -0.39 is 0 Å². The van der Waals surface area contributed by atoms with Crippen LogP contribution in [0.5, 0.6) is 0 Å². The number of aryl methyl sites for hydroxylation is 2. The van der Waals surface area contributed by atoms with Gasteiger partial charge < -0.3 is 9.47 Å². The fourth-order valence-corrected chi connectivity index (χ4v) is 3.42. The summed E-state index contributed by atoms with van der Waals surface area (Å²) in [6, 6.07) is 3.85. The van der Waals surface area contributed by atoms with Crippen molar-refractivity contribution in [1.29, 1.82) is 0 Å². The number of pyridine rings is 1. The zero-order valence-electron chi connectivity index (χ0n) is 15.7. The van der Waals surface area contributed by atoms with Crippen LogP contribution in [0.15, 0.2) is 30.9 Å². The van der Waals surface area contributed by atoms with Gasteiger partial charge in [-0.2, -0.15) is 0 Å². The first-order valence-corrected chi connectivity index (χ1v) is 8.96. The Bertz CT molecular complexity index is 1060. The standard InChI is InChI=1S/C19H23N7/c1-13-14(2)25(11-5-10-24(3)4)18-16(13)19-22-17(23-26(19)12-21-18)15-6-8-20-9-7-15/h6-9,12H,5,10-11H2,1-4H3/p+1. The van der Waals surface area contributed by atoms with Crippen molar-refractivity contribution in [2.45, 2.75) is 26.8 Å². The minimum atomic E-state index is 0.697. The number of fused-ring (bicyclic) bond motifs is 3. The molecule has 0 aliphatic rings. The molecule has 0 aliphatic heterocycles. The van der Waals surface area contributed by atoms with E-state index >= 15 is 0 Å². The van der Waals surface area contributed by atoms with Crippen molar-refractivity contribution in [2.75, 3.05) is 20.6 Å². The predicted molar refractivity (Wildman–Crippen MR) is 101 cm³/mol. The van der Waals surface area contributed by atoms with E-state index in [0.29, 0.717) is 5.82 Å². The highest BCUT2D eigenvalue weighted by Gasteiger charge is 2.18. The first kappa shape index (κ1) is 16.7. The number of nitrogens with one attached hydrogen (secondary N) is 1.